The second-order valence-electron chi connectivity index (χ2n) is 3.66. The van der Waals surface area contributed by atoms with E-state index in [1.54, 1.807) is 6.07 Å². The number of hydrogen-bond acceptors (Lipinski definition) is 2. The quantitative estimate of drug-likeness (QED) is 0.808. The Morgan fingerprint density at radius 1 is 1.47 bits per heavy atom. The van der Waals surface area contributed by atoms with Crippen molar-refractivity contribution < 1.29 is 9.13 Å². The highest BCUT2D eigenvalue weighted by Gasteiger charge is 2.04. The number of benzene rings is 1. The van der Waals surface area contributed by atoms with Crippen molar-refractivity contribution in [3.05, 3.63) is 29.6 Å². The van der Waals surface area contributed by atoms with E-state index in [1.165, 1.54) is 13.2 Å². The van der Waals surface area contributed by atoms with Gasteiger partial charge in [0.1, 0.15) is 0 Å². The molecule has 0 amide bonds. The van der Waals surface area contributed by atoms with E-state index < -0.39 is 0 Å². The summed E-state index contributed by atoms with van der Waals surface area (Å²) in [6.45, 7) is 4.92. The van der Waals surface area contributed by atoms with Crippen molar-refractivity contribution in [2.75, 3.05) is 7.11 Å². The Balaban J connectivity index is 2.59. The van der Waals surface area contributed by atoms with Gasteiger partial charge in [0.25, 0.3) is 0 Å². The summed E-state index contributed by atoms with van der Waals surface area (Å²) in [6.07, 6.45) is 1.07. The normalized spacial score (nSPS) is 12.5. The first-order valence-corrected chi connectivity index (χ1v) is 5.23. The SMILES string of the molecule is CCC(C)NCc1ccc(OC)c(F)c1. The molecule has 0 saturated carbocycles. The molecule has 0 saturated heterocycles. The fraction of sp³-hybridized carbons (Fsp3) is 0.500. The van der Waals surface area contributed by atoms with E-state index in [0.29, 0.717) is 18.3 Å². The van der Waals surface area contributed by atoms with E-state index in [1.807, 2.05) is 6.07 Å². The second-order valence-corrected chi connectivity index (χ2v) is 3.66. The number of hydrogen-bond donors (Lipinski definition) is 1. The number of rotatable bonds is 5. The molecule has 15 heavy (non-hydrogen) atoms. The maximum Gasteiger partial charge on any atom is 0.165 e. The zero-order chi connectivity index (χ0) is 11.3. The van der Waals surface area contributed by atoms with Crippen molar-refractivity contribution in [3.63, 3.8) is 0 Å². The van der Waals surface area contributed by atoms with Gasteiger partial charge in [-0.05, 0) is 31.0 Å². The third-order valence-corrected chi connectivity index (χ3v) is 2.48. The van der Waals surface area contributed by atoms with Gasteiger partial charge in [0.15, 0.2) is 11.6 Å². The first-order valence-electron chi connectivity index (χ1n) is 5.23. The van der Waals surface area contributed by atoms with Gasteiger partial charge < -0.3 is 10.1 Å². The van der Waals surface area contributed by atoms with E-state index in [9.17, 15) is 4.39 Å². The monoisotopic (exact) mass is 211 g/mol. The van der Waals surface area contributed by atoms with Crippen LogP contribution in [0, 0.1) is 5.82 Å². The van der Waals surface area contributed by atoms with Crippen LogP contribution in [0.4, 0.5) is 4.39 Å². The van der Waals surface area contributed by atoms with Gasteiger partial charge in [-0.15, -0.1) is 0 Å². The number of ether oxygens (including phenoxy) is 1. The van der Waals surface area contributed by atoms with Crippen LogP contribution in [0.15, 0.2) is 18.2 Å². The molecule has 0 aromatic heterocycles. The first kappa shape index (κ1) is 12.0. The third-order valence-electron chi connectivity index (χ3n) is 2.48. The lowest BCUT2D eigenvalue weighted by Gasteiger charge is -2.11. The van der Waals surface area contributed by atoms with Crippen LogP contribution in [0.25, 0.3) is 0 Å². The molecule has 2 nitrogen and oxygen atoms in total. The zero-order valence-electron chi connectivity index (χ0n) is 9.51. The number of nitrogens with one attached hydrogen (secondary N) is 1. The van der Waals surface area contributed by atoms with Crippen LogP contribution in [-0.2, 0) is 6.54 Å². The Morgan fingerprint density at radius 2 is 2.20 bits per heavy atom. The largest absolute Gasteiger partial charge is 0.494 e. The average molecular weight is 211 g/mol. The van der Waals surface area contributed by atoms with E-state index in [0.717, 1.165) is 12.0 Å². The van der Waals surface area contributed by atoms with Gasteiger partial charge in [0.05, 0.1) is 7.11 Å². The summed E-state index contributed by atoms with van der Waals surface area (Å²) in [7, 11) is 1.47. The van der Waals surface area contributed by atoms with Crippen LogP contribution < -0.4 is 10.1 Å². The van der Waals surface area contributed by atoms with Gasteiger partial charge in [-0.3, -0.25) is 0 Å². The van der Waals surface area contributed by atoms with Crippen LogP contribution in [0.2, 0.25) is 0 Å². The van der Waals surface area contributed by atoms with Crippen molar-refractivity contribution in [2.45, 2.75) is 32.9 Å². The van der Waals surface area contributed by atoms with Crippen molar-refractivity contribution in [3.8, 4) is 5.75 Å². The van der Waals surface area contributed by atoms with Crippen molar-refractivity contribution >= 4 is 0 Å². The smallest absolute Gasteiger partial charge is 0.165 e. The molecule has 0 heterocycles. The molecule has 1 aromatic rings. The lowest BCUT2D eigenvalue weighted by atomic mass is 10.2. The minimum atomic E-state index is -0.305. The molecule has 0 aliphatic rings. The van der Waals surface area contributed by atoms with Crippen molar-refractivity contribution in [1.29, 1.82) is 0 Å². The summed E-state index contributed by atoms with van der Waals surface area (Å²) in [5, 5.41) is 3.31. The molecule has 0 bridgehead atoms. The van der Waals surface area contributed by atoms with Gasteiger partial charge in [0.2, 0.25) is 0 Å². The Bertz CT molecular complexity index is 314. The van der Waals surface area contributed by atoms with Crippen LogP contribution in [-0.4, -0.2) is 13.2 Å². The Morgan fingerprint density at radius 3 is 2.73 bits per heavy atom. The van der Waals surface area contributed by atoms with Crippen molar-refractivity contribution in [2.24, 2.45) is 0 Å². The van der Waals surface area contributed by atoms with Gasteiger partial charge in [0, 0.05) is 12.6 Å². The molecule has 84 valence electrons. The van der Waals surface area contributed by atoms with E-state index in [4.69, 9.17) is 4.74 Å². The van der Waals surface area contributed by atoms with Crippen LogP contribution in [0.1, 0.15) is 25.8 Å². The Labute approximate surface area is 90.4 Å². The molecule has 0 aliphatic carbocycles. The maximum absolute atomic E-state index is 13.3. The van der Waals surface area contributed by atoms with E-state index >= 15 is 0 Å². The topological polar surface area (TPSA) is 21.3 Å². The molecule has 0 fully saturated rings. The molecular formula is C12H18FNO. The summed E-state index contributed by atoms with van der Waals surface area (Å²) < 4.78 is 18.2. The molecule has 0 radical (unpaired) electrons. The molecule has 0 spiro atoms. The average Bonchev–Trinajstić information content (AvgIpc) is 2.26. The minimum Gasteiger partial charge on any atom is -0.494 e. The van der Waals surface area contributed by atoms with E-state index in [2.05, 4.69) is 19.2 Å². The summed E-state index contributed by atoms with van der Waals surface area (Å²) in [5.74, 6) is -0.0109. The first-order chi connectivity index (χ1) is 7.17. The standard InChI is InChI=1S/C12H18FNO/c1-4-9(2)14-8-10-5-6-12(15-3)11(13)7-10/h5-7,9,14H,4,8H2,1-3H3. The fourth-order valence-corrected chi connectivity index (χ4v) is 1.26. The predicted molar refractivity (Wildman–Crippen MR) is 59.5 cm³/mol. The second kappa shape index (κ2) is 5.71. The van der Waals surface area contributed by atoms with Gasteiger partial charge in [-0.1, -0.05) is 13.0 Å². The number of halogens is 1. The Hall–Kier alpha value is -1.09. The molecule has 1 atom stereocenters. The van der Waals surface area contributed by atoms with Crippen LogP contribution in [0.5, 0.6) is 5.75 Å². The van der Waals surface area contributed by atoms with Crippen LogP contribution in [0.3, 0.4) is 0 Å². The van der Waals surface area contributed by atoms with Gasteiger partial charge in [-0.25, -0.2) is 4.39 Å². The lowest BCUT2D eigenvalue weighted by Crippen LogP contribution is -2.24. The van der Waals surface area contributed by atoms with Gasteiger partial charge in [-0.2, -0.15) is 0 Å². The van der Waals surface area contributed by atoms with Crippen LogP contribution >= 0.6 is 0 Å². The highest BCUT2D eigenvalue weighted by molar-refractivity contribution is 5.29. The molecule has 1 N–H and O–H groups in total. The van der Waals surface area contributed by atoms with Crippen molar-refractivity contribution in [1.82, 2.24) is 5.32 Å². The fourth-order valence-electron chi connectivity index (χ4n) is 1.26. The Kier molecular flexibility index (Phi) is 4.56. The molecule has 3 heteroatoms. The minimum absolute atomic E-state index is 0.294. The van der Waals surface area contributed by atoms with Gasteiger partial charge >= 0.3 is 0 Å². The summed E-state index contributed by atoms with van der Waals surface area (Å²) in [4.78, 5) is 0. The summed E-state index contributed by atoms with van der Waals surface area (Å²) >= 11 is 0. The highest BCUT2D eigenvalue weighted by atomic mass is 19.1. The maximum atomic E-state index is 13.3. The number of methoxy groups -OCH3 is 1. The third kappa shape index (κ3) is 3.51. The highest BCUT2D eigenvalue weighted by Crippen LogP contribution is 2.17. The molecule has 1 aromatic carbocycles. The lowest BCUT2D eigenvalue weighted by molar-refractivity contribution is 0.386. The van der Waals surface area contributed by atoms with E-state index in [-0.39, 0.29) is 5.82 Å². The molecule has 1 rings (SSSR count). The predicted octanol–water partition coefficient (Wildman–Crippen LogP) is 2.72. The molecule has 0 aliphatic heterocycles. The summed E-state index contributed by atoms with van der Waals surface area (Å²) in [5.41, 5.74) is 0.939. The molecule has 1 unspecified atom stereocenters. The zero-order valence-corrected chi connectivity index (χ0v) is 9.51. The molecular weight excluding hydrogens is 193 g/mol. The summed E-state index contributed by atoms with van der Waals surface area (Å²) in [6, 6.07) is 5.49.